The second-order valence-electron chi connectivity index (χ2n) is 3.32. The molecule has 0 amide bonds. The van der Waals surface area contributed by atoms with Crippen LogP contribution in [0.2, 0.25) is 0 Å². The van der Waals surface area contributed by atoms with Crippen LogP contribution in [0.3, 0.4) is 0 Å². The fraction of sp³-hybridized carbons (Fsp3) is 0.667. The zero-order valence-electron chi connectivity index (χ0n) is 8.22. The van der Waals surface area contributed by atoms with E-state index in [-0.39, 0.29) is 0 Å². The van der Waals surface area contributed by atoms with Crippen LogP contribution in [0, 0.1) is 0 Å². The first kappa shape index (κ1) is 11.4. The van der Waals surface area contributed by atoms with E-state index in [1.165, 1.54) is 0 Å². The molecule has 3 heteroatoms. The summed E-state index contributed by atoms with van der Waals surface area (Å²) in [6, 6.07) is 0.865. The van der Waals surface area contributed by atoms with Gasteiger partial charge in [0.1, 0.15) is 4.99 Å². The van der Waals surface area contributed by atoms with E-state index in [0.29, 0.717) is 12.1 Å². The van der Waals surface area contributed by atoms with Gasteiger partial charge in [0.15, 0.2) is 0 Å². The van der Waals surface area contributed by atoms with Crippen LogP contribution in [0.1, 0.15) is 27.7 Å². The predicted molar refractivity (Wildman–Crippen MR) is 58.3 cm³/mol. The van der Waals surface area contributed by atoms with Crippen molar-refractivity contribution < 1.29 is 0 Å². The lowest BCUT2D eigenvalue weighted by atomic mass is 10.4. The van der Waals surface area contributed by atoms with Crippen molar-refractivity contribution in [1.82, 2.24) is 10.6 Å². The predicted octanol–water partition coefficient (Wildman–Crippen LogP) is 1.82. The molecule has 0 fully saturated rings. The maximum Gasteiger partial charge on any atom is 0.100 e. The van der Waals surface area contributed by atoms with Gasteiger partial charge < -0.3 is 10.6 Å². The summed E-state index contributed by atoms with van der Waals surface area (Å²) in [5.41, 5.74) is 0. The molecule has 0 spiro atoms. The third-order valence-corrected chi connectivity index (χ3v) is 1.35. The molecule has 0 saturated heterocycles. The van der Waals surface area contributed by atoms with Crippen molar-refractivity contribution in [3.8, 4) is 0 Å². The molecule has 0 radical (unpaired) electrons. The zero-order chi connectivity index (χ0) is 9.56. The fourth-order valence-corrected chi connectivity index (χ4v) is 0.953. The van der Waals surface area contributed by atoms with Gasteiger partial charge in [-0.1, -0.05) is 12.2 Å². The Morgan fingerprint density at radius 1 is 1.17 bits per heavy atom. The molecule has 0 saturated carbocycles. The molecule has 0 aliphatic carbocycles. The molecule has 0 unspecified atom stereocenters. The van der Waals surface area contributed by atoms with E-state index in [9.17, 15) is 0 Å². The highest BCUT2D eigenvalue weighted by molar-refractivity contribution is 7.80. The summed E-state index contributed by atoms with van der Waals surface area (Å²) in [6.45, 7) is 8.30. The Hall–Kier alpha value is -0.570. The number of nitrogens with one attached hydrogen (secondary N) is 2. The van der Waals surface area contributed by atoms with Crippen LogP contribution in [0.4, 0.5) is 0 Å². The third kappa shape index (κ3) is 7.54. The van der Waals surface area contributed by atoms with Crippen molar-refractivity contribution in [2.45, 2.75) is 39.8 Å². The van der Waals surface area contributed by atoms with Crippen LogP contribution in [0.25, 0.3) is 0 Å². The van der Waals surface area contributed by atoms with Gasteiger partial charge >= 0.3 is 0 Å². The monoisotopic (exact) mass is 186 g/mol. The van der Waals surface area contributed by atoms with Gasteiger partial charge in [-0.05, 0) is 40.0 Å². The highest BCUT2D eigenvalue weighted by atomic mass is 32.1. The zero-order valence-corrected chi connectivity index (χ0v) is 9.03. The third-order valence-electron chi connectivity index (χ3n) is 1.10. The first-order valence-electron chi connectivity index (χ1n) is 4.25. The maximum atomic E-state index is 5.04. The number of hydrogen-bond donors (Lipinski definition) is 2. The lowest BCUT2D eigenvalue weighted by molar-refractivity contribution is 0.702. The van der Waals surface area contributed by atoms with Gasteiger partial charge in [0.25, 0.3) is 0 Å². The summed E-state index contributed by atoms with van der Waals surface area (Å²) >= 11 is 5.04. The lowest BCUT2D eigenvalue weighted by Gasteiger charge is -2.08. The highest BCUT2D eigenvalue weighted by Crippen LogP contribution is 1.82. The Kier molecular flexibility index (Phi) is 5.72. The number of rotatable bonds is 4. The lowest BCUT2D eigenvalue weighted by Crippen LogP contribution is -2.27. The molecule has 2 nitrogen and oxygen atoms in total. The molecule has 0 aliphatic rings. The van der Waals surface area contributed by atoms with Crippen molar-refractivity contribution in [3.63, 3.8) is 0 Å². The van der Waals surface area contributed by atoms with E-state index in [1.807, 2.05) is 12.3 Å². The molecule has 0 aromatic rings. The molecule has 0 bridgehead atoms. The summed E-state index contributed by atoms with van der Waals surface area (Å²) in [5.74, 6) is 0. The molecular formula is C9H18N2S. The van der Waals surface area contributed by atoms with Crippen LogP contribution < -0.4 is 10.6 Å². The van der Waals surface area contributed by atoms with E-state index in [2.05, 4.69) is 38.3 Å². The fourth-order valence-electron chi connectivity index (χ4n) is 0.649. The smallest absolute Gasteiger partial charge is 0.100 e. The number of thiocarbonyl (C=S) groups is 1. The summed E-state index contributed by atoms with van der Waals surface area (Å²) in [7, 11) is 0. The van der Waals surface area contributed by atoms with Crippen LogP contribution in [0.15, 0.2) is 12.3 Å². The van der Waals surface area contributed by atoms with Crippen molar-refractivity contribution in [1.29, 1.82) is 0 Å². The SMILES string of the molecule is CC(C)NC=CC(=S)NC(C)C. The average molecular weight is 186 g/mol. The maximum absolute atomic E-state index is 5.04. The van der Waals surface area contributed by atoms with Gasteiger partial charge in [0.05, 0.1) is 0 Å². The standard InChI is InChI=1S/C9H18N2S/c1-7(2)10-6-5-9(12)11-8(3)4/h5-8,10H,1-4H3,(H,11,12). The molecule has 2 N–H and O–H groups in total. The molecule has 0 aromatic carbocycles. The van der Waals surface area contributed by atoms with Crippen LogP contribution in [0.5, 0.6) is 0 Å². The Morgan fingerprint density at radius 3 is 2.17 bits per heavy atom. The van der Waals surface area contributed by atoms with E-state index in [4.69, 9.17) is 12.2 Å². The largest absolute Gasteiger partial charge is 0.389 e. The summed E-state index contributed by atoms with van der Waals surface area (Å²) in [4.78, 5) is 0.776. The molecule has 0 heterocycles. The van der Waals surface area contributed by atoms with Gasteiger partial charge in [-0.25, -0.2) is 0 Å². The Bertz CT molecular complexity index is 162. The van der Waals surface area contributed by atoms with Crippen molar-refractivity contribution in [2.75, 3.05) is 0 Å². The van der Waals surface area contributed by atoms with Gasteiger partial charge in [-0.3, -0.25) is 0 Å². The molecule has 70 valence electrons. The minimum Gasteiger partial charge on any atom is -0.389 e. The Labute approximate surface area is 80.4 Å². The number of hydrogen-bond acceptors (Lipinski definition) is 2. The van der Waals surface area contributed by atoms with E-state index in [1.54, 1.807) is 0 Å². The quantitative estimate of drug-likeness (QED) is 0.517. The van der Waals surface area contributed by atoms with Crippen LogP contribution in [-0.4, -0.2) is 17.1 Å². The first-order chi connectivity index (χ1) is 5.52. The average Bonchev–Trinajstić information content (AvgIpc) is 1.84. The van der Waals surface area contributed by atoms with E-state index in [0.717, 1.165) is 4.99 Å². The molecule has 0 atom stereocenters. The summed E-state index contributed by atoms with van der Waals surface area (Å²) in [6.07, 6.45) is 3.75. The normalized spacial score (nSPS) is 11.2. The second kappa shape index (κ2) is 6.00. The molecule has 12 heavy (non-hydrogen) atoms. The van der Waals surface area contributed by atoms with Gasteiger partial charge in [-0.15, -0.1) is 0 Å². The van der Waals surface area contributed by atoms with Crippen molar-refractivity contribution in [3.05, 3.63) is 12.3 Å². The highest BCUT2D eigenvalue weighted by Gasteiger charge is 1.92. The first-order valence-corrected chi connectivity index (χ1v) is 4.66. The minimum atomic E-state index is 0.404. The molecule has 0 rings (SSSR count). The van der Waals surface area contributed by atoms with Crippen molar-refractivity contribution in [2.24, 2.45) is 0 Å². The van der Waals surface area contributed by atoms with Gasteiger partial charge in [0.2, 0.25) is 0 Å². The van der Waals surface area contributed by atoms with Crippen LogP contribution >= 0.6 is 12.2 Å². The summed E-state index contributed by atoms with van der Waals surface area (Å²) < 4.78 is 0. The van der Waals surface area contributed by atoms with Gasteiger partial charge in [0, 0.05) is 12.1 Å². The van der Waals surface area contributed by atoms with E-state index >= 15 is 0 Å². The molecular weight excluding hydrogens is 168 g/mol. The Balaban J connectivity index is 3.61. The van der Waals surface area contributed by atoms with Gasteiger partial charge in [-0.2, -0.15) is 0 Å². The summed E-state index contributed by atoms with van der Waals surface area (Å²) in [5, 5.41) is 6.26. The van der Waals surface area contributed by atoms with Crippen molar-refractivity contribution >= 4 is 17.2 Å². The minimum absolute atomic E-state index is 0.404. The topological polar surface area (TPSA) is 24.1 Å². The molecule has 0 aliphatic heterocycles. The Morgan fingerprint density at radius 2 is 1.75 bits per heavy atom. The van der Waals surface area contributed by atoms with Crippen LogP contribution in [-0.2, 0) is 0 Å². The second-order valence-corrected chi connectivity index (χ2v) is 3.76. The molecule has 0 aromatic heterocycles. The van der Waals surface area contributed by atoms with E-state index < -0.39 is 0 Å².